The molecule has 4 rings (SSSR count). The van der Waals surface area contributed by atoms with Crippen molar-refractivity contribution in [3.05, 3.63) is 66.0 Å². The Morgan fingerprint density at radius 3 is 2.37 bits per heavy atom. The molecular formula is C23H27N3O. The van der Waals surface area contributed by atoms with Crippen molar-refractivity contribution in [1.82, 2.24) is 14.5 Å². The molecule has 2 aromatic carbocycles. The van der Waals surface area contributed by atoms with Gasteiger partial charge in [0.2, 0.25) is 5.91 Å². The maximum atomic E-state index is 12.7. The molecule has 1 aliphatic rings. The summed E-state index contributed by atoms with van der Waals surface area (Å²) in [5.74, 6) is 1.36. The van der Waals surface area contributed by atoms with Crippen LogP contribution >= 0.6 is 0 Å². The molecule has 1 fully saturated rings. The van der Waals surface area contributed by atoms with E-state index in [1.807, 2.05) is 17.0 Å². The van der Waals surface area contributed by atoms with Crippen molar-refractivity contribution < 1.29 is 4.79 Å². The van der Waals surface area contributed by atoms with E-state index in [1.165, 1.54) is 5.56 Å². The van der Waals surface area contributed by atoms with Crippen LogP contribution in [0.4, 0.5) is 0 Å². The van der Waals surface area contributed by atoms with E-state index in [1.54, 1.807) is 0 Å². The molecule has 3 aromatic rings. The first-order valence-electron chi connectivity index (χ1n) is 9.68. The number of imidazole rings is 1. The third kappa shape index (κ3) is 3.14. The van der Waals surface area contributed by atoms with Crippen LogP contribution in [-0.4, -0.2) is 32.4 Å². The Morgan fingerprint density at radius 1 is 1.04 bits per heavy atom. The molecule has 2 atom stereocenters. The summed E-state index contributed by atoms with van der Waals surface area (Å²) in [5.41, 5.74) is 3.22. The van der Waals surface area contributed by atoms with E-state index >= 15 is 0 Å². The Bertz CT molecular complexity index is 968. The average molecular weight is 361 g/mol. The van der Waals surface area contributed by atoms with Gasteiger partial charge >= 0.3 is 0 Å². The first-order valence-corrected chi connectivity index (χ1v) is 9.68. The van der Waals surface area contributed by atoms with Gasteiger partial charge in [0.05, 0.1) is 17.1 Å². The van der Waals surface area contributed by atoms with E-state index in [0.717, 1.165) is 23.4 Å². The third-order valence-corrected chi connectivity index (χ3v) is 5.59. The molecule has 4 nitrogen and oxygen atoms in total. The first-order chi connectivity index (χ1) is 12.9. The van der Waals surface area contributed by atoms with Gasteiger partial charge in [-0.25, -0.2) is 4.98 Å². The summed E-state index contributed by atoms with van der Waals surface area (Å²) in [6, 6.07) is 18.9. The minimum absolute atomic E-state index is 0.121. The largest absolute Gasteiger partial charge is 0.337 e. The Labute approximate surface area is 160 Å². The predicted octanol–water partition coefficient (Wildman–Crippen LogP) is 4.76. The quantitative estimate of drug-likeness (QED) is 0.674. The van der Waals surface area contributed by atoms with E-state index in [9.17, 15) is 4.79 Å². The highest BCUT2D eigenvalue weighted by atomic mass is 16.2. The zero-order valence-corrected chi connectivity index (χ0v) is 16.5. The number of hydrogen-bond donors (Lipinski definition) is 0. The number of amides is 1. The van der Waals surface area contributed by atoms with Crippen molar-refractivity contribution in [2.45, 2.75) is 51.6 Å². The highest BCUT2D eigenvalue weighted by Gasteiger charge is 2.39. The van der Waals surface area contributed by atoms with Crippen LogP contribution in [0.1, 0.15) is 57.5 Å². The van der Waals surface area contributed by atoms with Gasteiger partial charge in [0.15, 0.2) is 0 Å². The Hall–Kier alpha value is -2.62. The molecule has 1 amide bonds. The number of rotatable bonds is 3. The molecule has 2 heterocycles. The fourth-order valence-corrected chi connectivity index (χ4v) is 4.17. The Balaban J connectivity index is 1.81. The van der Waals surface area contributed by atoms with Crippen LogP contribution in [0, 0.1) is 0 Å². The minimum atomic E-state index is -0.159. The van der Waals surface area contributed by atoms with Gasteiger partial charge in [-0.05, 0) is 45.4 Å². The molecule has 0 radical (unpaired) electrons. The summed E-state index contributed by atoms with van der Waals surface area (Å²) < 4.78 is 2.33. The van der Waals surface area contributed by atoms with Gasteiger partial charge in [-0.2, -0.15) is 0 Å². The number of carbonyl (C=O) groups is 1. The number of benzene rings is 2. The smallest absolute Gasteiger partial charge is 0.223 e. The summed E-state index contributed by atoms with van der Waals surface area (Å²) in [4.78, 5) is 19.6. The average Bonchev–Trinajstić information content (AvgIpc) is 3.22. The van der Waals surface area contributed by atoms with Crippen molar-refractivity contribution >= 4 is 16.9 Å². The number of para-hydroxylation sites is 2. The molecular weight excluding hydrogens is 334 g/mol. The summed E-state index contributed by atoms with van der Waals surface area (Å²) >= 11 is 0. The van der Waals surface area contributed by atoms with Crippen molar-refractivity contribution in [3.8, 4) is 0 Å². The number of likely N-dealkylation sites (tertiary alicyclic amines) is 1. The van der Waals surface area contributed by atoms with Gasteiger partial charge in [-0.1, -0.05) is 42.5 Å². The normalized spacial score (nSPS) is 19.0. The first kappa shape index (κ1) is 17.8. The molecule has 0 spiro atoms. The maximum absolute atomic E-state index is 12.7. The molecule has 0 N–H and O–H groups in total. The van der Waals surface area contributed by atoms with Crippen LogP contribution in [0.2, 0.25) is 0 Å². The third-order valence-electron chi connectivity index (χ3n) is 5.59. The number of nitrogens with zero attached hydrogens (tertiary/aromatic N) is 3. The molecule has 27 heavy (non-hydrogen) atoms. The molecule has 0 unspecified atom stereocenters. The van der Waals surface area contributed by atoms with Crippen LogP contribution in [0.3, 0.4) is 0 Å². The Kier molecular flexibility index (Phi) is 4.29. The second-order valence-electron chi connectivity index (χ2n) is 8.49. The highest BCUT2D eigenvalue weighted by Crippen LogP contribution is 2.36. The minimum Gasteiger partial charge on any atom is -0.337 e. The van der Waals surface area contributed by atoms with Gasteiger partial charge in [-0.15, -0.1) is 0 Å². The fourth-order valence-electron chi connectivity index (χ4n) is 4.17. The molecule has 1 aromatic heterocycles. The van der Waals surface area contributed by atoms with Gasteiger partial charge in [0.25, 0.3) is 0 Å². The van der Waals surface area contributed by atoms with Crippen LogP contribution in [0.15, 0.2) is 54.6 Å². The van der Waals surface area contributed by atoms with Gasteiger partial charge in [0, 0.05) is 24.4 Å². The summed E-state index contributed by atoms with van der Waals surface area (Å²) in [6.45, 7) is 9.24. The lowest BCUT2D eigenvalue weighted by Crippen LogP contribution is -2.42. The molecule has 0 bridgehead atoms. The standard InChI is InChI=1S/C23H27N3O/c1-16(17-10-6-5-7-11-17)26-20-13-9-8-12-19(20)24-22(26)18-14-21(27)25(15-18)23(2,3)4/h5-13,16,18H,14-15H2,1-4H3/t16-,18+/m0/s1. The molecule has 1 aliphatic heterocycles. The lowest BCUT2D eigenvalue weighted by Gasteiger charge is -2.32. The Morgan fingerprint density at radius 2 is 1.70 bits per heavy atom. The van der Waals surface area contributed by atoms with E-state index in [4.69, 9.17) is 4.98 Å². The lowest BCUT2D eigenvalue weighted by molar-refractivity contribution is -0.131. The fraction of sp³-hybridized carbons (Fsp3) is 0.391. The SMILES string of the molecule is C[C@@H](c1ccccc1)n1c([C@@H]2CC(=O)N(C(C)(C)C)C2)nc2ccccc21. The van der Waals surface area contributed by atoms with E-state index < -0.39 is 0 Å². The number of fused-ring (bicyclic) bond motifs is 1. The van der Waals surface area contributed by atoms with Crippen molar-refractivity contribution in [2.24, 2.45) is 0 Å². The molecule has 1 saturated heterocycles. The molecule has 0 saturated carbocycles. The molecule has 0 aliphatic carbocycles. The lowest BCUT2D eigenvalue weighted by atomic mass is 10.0. The topological polar surface area (TPSA) is 38.1 Å². The monoisotopic (exact) mass is 361 g/mol. The number of aromatic nitrogens is 2. The summed E-state index contributed by atoms with van der Waals surface area (Å²) in [7, 11) is 0. The maximum Gasteiger partial charge on any atom is 0.223 e. The van der Waals surface area contributed by atoms with Crippen LogP contribution in [0.25, 0.3) is 11.0 Å². The zero-order valence-electron chi connectivity index (χ0n) is 16.5. The van der Waals surface area contributed by atoms with Crippen LogP contribution in [-0.2, 0) is 4.79 Å². The zero-order chi connectivity index (χ0) is 19.2. The van der Waals surface area contributed by atoms with E-state index in [2.05, 4.69) is 74.7 Å². The van der Waals surface area contributed by atoms with Crippen molar-refractivity contribution in [2.75, 3.05) is 6.54 Å². The second kappa shape index (κ2) is 6.52. The second-order valence-corrected chi connectivity index (χ2v) is 8.49. The number of hydrogen-bond acceptors (Lipinski definition) is 2. The highest BCUT2D eigenvalue weighted by molar-refractivity contribution is 5.81. The molecule has 4 heteroatoms. The molecule has 140 valence electrons. The van der Waals surface area contributed by atoms with E-state index in [0.29, 0.717) is 6.42 Å². The van der Waals surface area contributed by atoms with Gasteiger partial charge in [-0.3, -0.25) is 4.79 Å². The van der Waals surface area contributed by atoms with E-state index in [-0.39, 0.29) is 23.4 Å². The summed E-state index contributed by atoms with van der Waals surface area (Å²) in [6.07, 6.45) is 0.530. The summed E-state index contributed by atoms with van der Waals surface area (Å²) in [5, 5.41) is 0. The van der Waals surface area contributed by atoms with Crippen LogP contribution in [0.5, 0.6) is 0 Å². The van der Waals surface area contributed by atoms with Gasteiger partial charge in [0.1, 0.15) is 5.82 Å². The van der Waals surface area contributed by atoms with Crippen molar-refractivity contribution in [3.63, 3.8) is 0 Å². The van der Waals surface area contributed by atoms with Crippen LogP contribution < -0.4 is 0 Å². The number of carbonyl (C=O) groups excluding carboxylic acids is 1. The van der Waals surface area contributed by atoms with Gasteiger partial charge < -0.3 is 9.47 Å². The predicted molar refractivity (Wildman–Crippen MR) is 109 cm³/mol. The van der Waals surface area contributed by atoms with Crippen molar-refractivity contribution in [1.29, 1.82) is 0 Å².